The van der Waals surface area contributed by atoms with Crippen LogP contribution in [0.1, 0.15) is 31.9 Å². The van der Waals surface area contributed by atoms with Crippen molar-refractivity contribution < 1.29 is 4.42 Å². The molecule has 0 aliphatic carbocycles. The third-order valence-electron chi connectivity index (χ3n) is 1.94. The molecule has 1 aromatic rings. The van der Waals surface area contributed by atoms with Crippen LogP contribution in [0.2, 0.25) is 0 Å². The van der Waals surface area contributed by atoms with Crippen LogP contribution in [0.4, 0.5) is 0 Å². The highest BCUT2D eigenvalue weighted by Crippen LogP contribution is 2.17. The zero-order valence-electron chi connectivity index (χ0n) is 7.98. The highest BCUT2D eigenvalue weighted by atomic mass is 127. The summed E-state index contributed by atoms with van der Waals surface area (Å²) in [7, 11) is 0. The first-order chi connectivity index (χ1) is 6.65. The van der Waals surface area contributed by atoms with Crippen molar-refractivity contribution in [1.29, 1.82) is 0 Å². The molecule has 0 unspecified atom stereocenters. The van der Waals surface area contributed by atoms with Crippen LogP contribution in [-0.2, 0) is 6.42 Å². The SMILES string of the molecule is CCCCCc1oc(=O)c(Br)cc1I. The van der Waals surface area contributed by atoms with Crippen molar-refractivity contribution in [2.45, 2.75) is 32.6 Å². The minimum atomic E-state index is -0.281. The summed E-state index contributed by atoms with van der Waals surface area (Å²) in [6.45, 7) is 2.16. The van der Waals surface area contributed by atoms with Gasteiger partial charge < -0.3 is 4.42 Å². The van der Waals surface area contributed by atoms with Crippen LogP contribution in [0, 0.1) is 3.57 Å². The van der Waals surface area contributed by atoms with Crippen molar-refractivity contribution in [2.24, 2.45) is 0 Å². The van der Waals surface area contributed by atoms with Crippen molar-refractivity contribution >= 4 is 38.5 Å². The highest BCUT2D eigenvalue weighted by Gasteiger charge is 2.06. The monoisotopic (exact) mass is 370 g/mol. The van der Waals surface area contributed by atoms with E-state index in [1.165, 1.54) is 12.8 Å². The Bertz CT molecular complexity index is 360. The molecule has 0 saturated heterocycles. The Morgan fingerprint density at radius 2 is 2.21 bits per heavy atom. The van der Waals surface area contributed by atoms with Gasteiger partial charge in [0.15, 0.2) is 0 Å². The lowest BCUT2D eigenvalue weighted by atomic mass is 10.2. The number of rotatable bonds is 4. The first-order valence-electron chi connectivity index (χ1n) is 4.63. The number of halogens is 2. The lowest BCUT2D eigenvalue weighted by Crippen LogP contribution is -2.04. The van der Waals surface area contributed by atoms with E-state index in [4.69, 9.17) is 4.42 Å². The lowest BCUT2D eigenvalue weighted by molar-refractivity contribution is 0.443. The zero-order chi connectivity index (χ0) is 10.6. The molecule has 1 heterocycles. The molecule has 0 radical (unpaired) electrons. The predicted octanol–water partition coefficient (Wildman–Crippen LogP) is 3.74. The molecule has 14 heavy (non-hydrogen) atoms. The molecule has 0 bridgehead atoms. The van der Waals surface area contributed by atoms with Crippen molar-refractivity contribution in [3.63, 3.8) is 0 Å². The van der Waals surface area contributed by atoms with Gasteiger partial charge in [-0.2, -0.15) is 0 Å². The summed E-state index contributed by atoms with van der Waals surface area (Å²) in [4.78, 5) is 11.2. The van der Waals surface area contributed by atoms with Crippen LogP contribution in [0.25, 0.3) is 0 Å². The van der Waals surface area contributed by atoms with Crippen molar-refractivity contribution in [3.8, 4) is 0 Å². The van der Waals surface area contributed by atoms with Gasteiger partial charge in [0.1, 0.15) is 10.2 Å². The summed E-state index contributed by atoms with van der Waals surface area (Å²) in [5.74, 6) is 0.812. The molecule has 2 nitrogen and oxygen atoms in total. The van der Waals surface area contributed by atoms with Gasteiger partial charge in [-0.25, -0.2) is 4.79 Å². The van der Waals surface area contributed by atoms with Gasteiger partial charge >= 0.3 is 5.63 Å². The first kappa shape index (κ1) is 12.2. The second-order valence-corrected chi connectivity index (χ2v) is 5.13. The number of aryl methyl sites for hydroxylation is 1. The third-order valence-corrected chi connectivity index (χ3v) is 3.40. The number of unbranched alkanes of at least 4 members (excludes halogenated alkanes) is 2. The van der Waals surface area contributed by atoms with Crippen molar-refractivity contribution in [2.75, 3.05) is 0 Å². The lowest BCUT2D eigenvalue weighted by Gasteiger charge is -2.02. The Kier molecular flexibility index (Phi) is 5.15. The van der Waals surface area contributed by atoms with Crippen LogP contribution in [0.5, 0.6) is 0 Å². The van der Waals surface area contributed by atoms with Crippen LogP contribution >= 0.6 is 38.5 Å². The Balaban J connectivity index is 2.77. The highest BCUT2D eigenvalue weighted by molar-refractivity contribution is 14.1. The van der Waals surface area contributed by atoms with Gasteiger partial charge in [0.25, 0.3) is 0 Å². The number of hydrogen-bond acceptors (Lipinski definition) is 2. The van der Waals surface area contributed by atoms with E-state index in [9.17, 15) is 4.79 Å². The molecule has 0 spiro atoms. The van der Waals surface area contributed by atoms with Crippen molar-refractivity contribution in [3.05, 3.63) is 30.3 Å². The van der Waals surface area contributed by atoms with Gasteiger partial charge in [-0.15, -0.1) is 0 Å². The second-order valence-electron chi connectivity index (χ2n) is 3.11. The van der Waals surface area contributed by atoms with E-state index in [2.05, 4.69) is 45.4 Å². The maximum atomic E-state index is 11.2. The molecule has 1 aromatic heterocycles. The van der Waals surface area contributed by atoms with Gasteiger partial charge in [-0.1, -0.05) is 19.8 Å². The van der Waals surface area contributed by atoms with Crippen LogP contribution < -0.4 is 5.63 Å². The molecule has 0 N–H and O–H groups in total. The summed E-state index contributed by atoms with van der Waals surface area (Å²) < 4.78 is 6.70. The largest absolute Gasteiger partial charge is 0.426 e. The average Bonchev–Trinajstić information content (AvgIpc) is 2.14. The van der Waals surface area contributed by atoms with E-state index in [1.54, 1.807) is 0 Å². The second kappa shape index (κ2) is 5.90. The molecule has 1 rings (SSSR count). The van der Waals surface area contributed by atoms with Crippen LogP contribution in [0.3, 0.4) is 0 Å². The molecule has 78 valence electrons. The van der Waals surface area contributed by atoms with Gasteiger partial charge in [0, 0.05) is 6.42 Å². The molecule has 0 aliphatic rings. The third kappa shape index (κ3) is 3.38. The fourth-order valence-corrected chi connectivity index (χ4v) is 2.60. The molecule has 0 atom stereocenters. The Morgan fingerprint density at radius 3 is 2.86 bits per heavy atom. The molecule has 0 aromatic carbocycles. The van der Waals surface area contributed by atoms with Gasteiger partial charge in [-0.05, 0) is 51.0 Å². The summed E-state index contributed by atoms with van der Waals surface area (Å²) >= 11 is 5.34. The summed E-state index contributed by atoms with van der Waals surface area (Å²) in [6.07, 6.45) is 4.29. The van der Waals surface area contributed by atoms with Gasteiger partial charge in [-0.3, -0.25) is 0 Å². The molecule has 0 aliphatic heterocycles. The fraction of sp³-hybridized carbons (Fsp3) is 0.500. The Morgan fingerprint density at radius 1 is 1.50 bits per heavy atom. The topological polar surface area (TPSA) is 30.2 Å². The first-order valence-corrected chi connectivity index (χ1v) is 6.50. The normalized spacial score (nSPS) is 10.5. The van der Waals surface area contributed by atoms with Crippen LogP contribution in [-0.4, -0.2) is 0 Å². The van der Waals surface area contributed by atoms with E-state index in [0.29, 0.717) is 4.47 Å². The molecule has 0 amide bonds. The minimum absolute atomic E-state index is 0.281. The summed E-state index contributed by atoms with van der Waals surface area (Å²) in [5.41, 5.74) is -0.281. The molecular weight excluding hydrogens is 359 g/mol. The Hall–Kier alpha value is 0.160. The van der Waals surface area contributed by atoms with Crippen LogP contribution in [0.15, 0.2) is 19.8 Å². The molecule has 0 saturated carbocycles. The zero-order valence-corrected chi connectivity index (χ0v) is 11.7. The van der Waals surface area contributed by atoms with Gasteiger partial charge in [0.2, 0.25) is 0 Å². The van der Waals surface area contributed by atoms with E-state index >= 15 is 0 Å². The summed E-state index contributed by atoms with van der Waals surface area (Å²) in [5, 5.41) is 0. The van der Waals surface area contributed by atoms with Crippen molar-refractivity contribution in [1.82, 2.24) is 0 Å². The predicted molar refractivity (Wildman–Crippen MR) is 68.6 cm³/mol. The summed E-state index contributed by atoms with van der Waals surface area (Å²) in [6, 6.07) is 1.81. The maximum absolute atomic E-state index is 11.2. The molecule has 0 fully saturated rings. The average molecular weight is 371 g/mol. The molecular formula is C10H12BrIO2. The van der Waals surface area contributed by atoms with Gasteiger partial charge in [0.05, 0.1) is 3.57 Å². The standard InChI is InChI=1S/C10H12BrIO2/c1-2-3-4-5-9-8(12)6-7(11)10(13)14-9/h6H,2-5H2,1H3. The number of hydrogen-bond donors (Lipinski definition) is 0. The van der Waals surface area contributed by atoms with E-state index in [1.807, 2.05) is 6.07 Å². The quantitative estimate of drug-likeness (QED) is 0.597. The van der Waals surface area contributed by atoms with E-state index in [-0.39, 0.29) is 5.63 Å². The fourth-order valence-electron chi connectivity index (χ4n) is 1.17. The molecule has 4 heteroatoms. The van der Waals surface area contributed by atoms with E-state index in [0.717, 1.165) is 22.2 Å². The Labute approximate surface area is 105 Å². The van der Waals surface area contributed by atoms with E-state index < -0.39 is 0 Å². The maximum Gasteiger partial charge on any atom is 0.350 e. The smallest absolute Gasteiger partial charge is 0.350 e. The minimum Gasteiger partial charge on any atom is -0.426 e.